The second-order valence-corrected chi connectivity index (χ2v) is 5.35. The van der Waals surface area contributed by atoms with E-state index in [1.54, 1.807) is 6.07 Å². The quantitative estimate of drug-likeness (QED) is 0.875. The maximum Gasteiger partial charge on any atom is 0.134 e. The van der Waals surface area contributed by atoms with Crippen LogP contribution in [0.1, 0.15) is 31.6 Å². The Morgan fingerprint density at radius 2 is 2.20 bits per heavy atom. The monoisotopic (exact) mass is 277 g/mol. The minimum atomic E-state index is -0.241. The van der Waals surface area contributed by atoms with Crippen molar-refractivity contribution < 1.29 is 13.5 Å². The van der Waals surface area contributed by atoms with Gasteiger partial charge in [-0.1, -0.05) is 0 Å². The van der Waals surface area contributed by atoms with Gasteiger partial charge in [0.2, 0.25) is 0 Å². The summed E-state index contributed by atoms with van der Waals surface area (Å²) in [4.78, 5) is 0. The first-order valence-corrected chi connectivity index (χ1v) is 7.20. The highest BCUT2D eigenvalue weighted by Crippen LogP contribution is 2.40. The summed E-state index contributed by atoms with van der Waals surface area (Å²) in [6.07, 6.45) is 2.53. The van der Waals surface area contributed by atoms with E-state index >= 15 is 0 Å². The van der Waals surface area contributed by atoms with Crippen molar-refractivity contribution in [2.45, 2.75) is 31.9 Å². The predicted molar refractivity (Wildman–Crippen MR) is 76.1 cm³/mol. The van der Waals surface area contributed by atoms with Crippen LogP contribution < -0.4 is 5.32 Å². The van der Waals surface area contributed by atoms with E-state index in [-0.39, 0.29) is 18.0 Å². The van der Waals surface area contributed by atoms with Gasteiger partial charge in [-0.05, 0) is 57.0 Å². The second-order valence-electron chi connectivity index (χ2n) is 5.35. The maximum absolute atomic E-state index is 13.3. The zero-order chi connectivity index (χ0) is 14.1. The minimum Gasteiger partial charge on any atom is -0.459 e. The molecule has 1 fully saturated rings. The second kappa shape index (κ2) is 5.54. The Morgan fingerprint density at radius 1 is 1.40 bits per heavy atom. The third-order valence-corrected chi connectivity index (χ3v) is 3.89. The summed E-state index contributed by atoms with van der Waals surface area (Å²) >= 11 is 0. The maximum atomic E-state index is 13.3. The van der Waals surface area contributed by atoms with Crippen LogP contribution in [0.4, 0.5) is 4.39 Å². The lowest BCUT2D eigenvalue weighted by Crippen LogP contribution is -2.33. The molecule has 1 aliphatic rings. The number of rotatable bonds is 6. The van der Waals surface area contributed by atoms with E-state index in [4.69, 9.17) is 9.15 Å². The zero-order valence-corrected chi connectivity index (χ0v) is 11.9. The van der Waals surface area contributed by atoms with Gasteiger partial charge in [0, 0.05) is 12.0 Å². The molecule has 0 amide bonds. The summed E-state index contributed by atoms with van der Waals surface area (Å²) in [5.74, 6) is 1.17. The molecular formula is C16H20FNO2. The van der Waals surface area contributed by atoms with Crippen LogP contribution in [0.5, 0.6) is 0 Å². The number of benzene rings is 1. The van der Waals surface area contributed by atoms with Crippen LogP contribution in [0.15, 0.2) is 28.7 Å². The zero-order valence-electron chi connectivity index (χ0n) is 11.9. The fourth-order valence-corrected chi connectivity index (χ4v) is 2.78. The molecule has 1 aromatic carbocycles. The number of likely N-dealkylation sites (N-methyl/N-ethyl adjacent to an activating group) is 1. The van der Waals surface area contributed by atoms with Crippen LogP contribution in [0.25, 0.3) is 11.0 Å². The van der Waals surface area contributed by atoms with Crippen molar-refractivity contribution in [2.75, 3.05) is 13.7 Å². The smallest absolute Gasteiger partial charge is 0.134 e. The SMILES string of the molecule is CCOC(C1CC1)C(NC)c1cc2cc(F)ccc2o1. The number of hydrogen-bond acceptors (Lipinski definition) is 3. The number of nitrogens with one attached hydrogen (secondary N) is 1. The van der Waals surface area contributed by atoms with Gasteiger partial charge in [0.05, 0.1) is 12.1 Å². The van der Waals surface area contributed by atoms with E-state index in [2.05, 4.69) is 5.32 Å². The number of hydrogen-bond donors (Lipinski definition) is 1. The third kappa shape index (κ3) is 2.58. The summed E-state index contributed by atoms with van der Waals surface area (Å²) in [5.41, 5.74) is 0.715. The Hall–Kier alpha value is -1.39. The van der Waals surface area contributed by atoms with Crippen LogP contribution in [-0.2, 0) is 4.74 Å². The van der Waals surface area contributed by atoms with Gasteiger partial charge in [0.1, 0.15) is 17.2 Å². The summed E-state index contributed by atoms with van der Waals surface area (Å²) < 4.78 is 25.0. The molecular weight excluding hydrogens is 257 g/mol. The molecule has 0 spiro atoms. The Labute approximate surface area is 118 Å². The Kier molecular flexibility index (Phi) is 3.76. The largest absolute Gasteiger partial charge is 0.459 e. The number of furan rings is 1. The number of fused-ring (bicyclic) bond motifs is 1. The highest BCUT2D eigenvalue weighted by atomic mass is 19.1. The molecule has 20 heavy (non-hydrogen) atoms. The molecule has 0 aliphatic heterocycles. The van der Waals surface area contributed by atoms with Crippen molar-refractivity contribution in [1.82, 2.24) is 5.32 Å². The van der Waals surface area contributed by atoms with Crippen molar-refractivity contribution in [3.05, 3.63) is 35.8 Å². The first-order chi connectivity index (χ1) is 9.72. The Bertz CT molecular complexity index is 591. The van der Waals surface area contributed by atoms with Gasteiger partial charge in [0.25, 0.3) is 0 Å². The van der Waals surface area contributed by atoms with Crippen LogP contribution in [0, 0.1) is 11.7 Å². The Morgan fingerprint density at radius 3 is 2.85 bits per heavy atom. The number of ether oxygens (including phenoxy) is 1. The van der Waals surface area contributed by atoms with Crippen LogP contribution in [-0.4, -0.2) is 19.8 Å². The molecule has 2 unspecified atom stereocenters. The van der Waals surface area contributed by atoms with E-state index in [1.165, 1.54) is 25.0 Å². The molecule has 2 atom stereocenters. The van der Waals surface area contributed by atoms with Crippen molar-refractivity contribution in [2.24, 2.45) is 5.92 Å². The molecule has 0 radical (unpaired) electrons. The summed E-state index contributed by atoms with van der Waals surface area (Å²) in [7, 11) is 1.91. The topological polar surface area (TPSA) is 34.4 Å². The molecule has 1 aromatic heterocycles. The molecule has 0 saturated heterocycles. The molecule has 108 valence electrons. The average Bonchev–Trinajstić information content (AvgIpc) is 3.19. The van der Waals surface area contributed by atoms with Crippen molar-refractivity contribution in [1.29, 1.82) is 0 Å². The normalized spacial score (nSPS) is 18.4. The van der Waals surface area contributed by atoms with Gasteiger partial charge < -0.3 is 14.5 Å². The van der Waals surface area contributed by atoms with Gasteiger partial charge in [-0.2, -0.15) is 0 Å². The molecule has 3 nitrogen and oxygen atoms in total. The van der Waals surface area contributed by atoms with Crippen molar-refractivity contribution in [3.63, 3.8) is 0 Å². The average molecular weight is 277 g/mol. The van der Waals surface area contributed by atoms with Crippen LogP contribution >= 0.6 is 0 Å². The van der Waals surface area contributed by atoms with Crippen molar-refractivity contribution >= 4 is 11.0 Å². The fraction of sp³-hybridized carbons (Fsp3) is 0.500. The van der Waals surface area contributed by atoms with Gasteiger partial charge >= 0.3 is 0 Å². The van der Waals surface area contributed by atoms with Gasteiger partial charge in [-0.15, -0.1) is 0 Å². The highest BCUT2D eigenvalue weighted by molar-refractivity contribution is 5.78. The first kappa shape index (κ1) is 13.6. The molecule has 1 heterocycles. The third-order valence-electron chi connectivity index (χ3n) is 3.89. The van der Waals surface area contributed by atoms with Gasteiger partial charge in [0.15, 0.2) is 0 Å². The van der Waals surface area contributed by atoms with Crippen LogP contribution in [0.2, 0.25) is 0 Å². The van der Waals surface area contributed by atoms with E-state index < -0.39 is 0 Å². The summed E-state index contributed by atoms with van der Waals surface area (Å²) in [6.45, 7) is 2.70. The van der Waals surface area contributed by atoms with Gasteiger partial charge in [-0.3, -0.25) is 0 Å². The summed E-state index contributed by atoms with van der Waals surface area (Å²) in [6, 6.07) is 6.52. The molecule has 4 heteroatoms. The van der Waals surface area contributed by atoms with Crippen LogP contribution in [0.3, 0.4) is 0 Å². The molecule has 0 bridgehead atoms. The predicted octanol–water partition coefficient (Wildman–Crippen LogP) is 3.65. The molecule has 1 saturated carbocycles. The Balaban J connectivity index is 1.93. The van der Waals surface area contributed by atoms with E-state index in [9.17, 15) is 4.39 Å². The fourth-order valence-electron chi connectivity index (χ4n) is 2.78. The molecule has 3 rings (SSSR count). The highest BCUT2D eigenvalue weighted by Gasteiger charge is 2.38. The van der Waals surface area contributed by atoms with Gasteiger partial charge in [-0.25, -0.2) is 4.39 Å². The lowest BCUT2D eigenvalue weighted by Gasteiger charge is -2.25. The standard InChI is InChI=1S/C16H20FNO2/c1-3-19-16(10-4-5-10)15(18-2)14-9-11-8-12(17)6-7-13(11)20-14/h6-10,15-16,18H,3-5H2,1-2H3. The van der Waals surface area contributed by atoms with Crippen molar-refractivity contribution in [3.8, 4) is 0 Å². The van der Waals surface area contributed by atoms with E-state index in [0.29, 0.717) is 18.1 Å². The molecule has 1 aliphatic carbocycles. The van der Waals surface area contributed by atoms with E-state index in [1.807, 2.05) is 20.0 Å². The lowest BCUT2D eigenvalue weighted by molar-refractivity contribution is 0.0156. The number of halogens is 1. The lowest BCUT2D eigenvalue weighted by atomic mass is 10.0. The first-order valence-electron chi connectivity index (χ1n) is 7.20. The molecule has 2 aromatic rings. The minimum absolute atomic E-state index is 0.0120. The molecule has 1 N–H and O–H groups in total. The van der Waals surface area contributed by atoms with E-state index in [0.717, 1.165) is 11.1 Å². The summed E-state index contributed by atoms with van der Waals surface area (Å²) in [5, 5.41) is 4.09.